The van der Waals surface area contributed by atoms with Crippen molar-refractivity contribution in [3.8, 4) is 0 Å². The smallest absolute Gasteiger partial charge is 0.243 e. The first kappa shape index (κ1) is 15.9. The fourth-order valence-corrected chi connectivity index (χ4v) is 1.79. The number of aliphatic hydroxyl groups is 1. The molecule has 0 aromatic heterocycles. The summed E-state index contributed by atoms with van der Waals surface area (Å²) in [6.07, 6.45) is 6.78. The Morgan fingerprint density at radius 2 is 2.05 bits per heavy atom. The molecular weight excluding hydrogens is 242 g/mol. The van der Waals surface area contributed by atoms with Gasteiger partial charge < -0.3 is 15.2 Å². The quantitative estimate of drug-likeness (QED) is 0.307. The molecule has 4 heteroatoms. The molecule has 4 nitrogen and oxygen atoms in total. The molecule has 1 rings (SSSR count). The average molecular weight is 267 g/mol. The Kier molecular flexibility index (Phi) is 6.81. The third-order valence-electron chi connectivity index (χ3n) is 2.99. The fourth-order valence-electron chi connectivity index (χ4n) is 1.79. The van der Waals surface area contributed by atoms with Crippen LogP contribution in [0.25, 0.3) is 0 Å². The number of allylic oxidation sites excluding steroid dienone is 3. The minimum atomic E-state index is -0.576. The monoisotopic (exact) mass is 267 g/mol. The van der Waals surface area contributed by atoms with Gasteiger partial charge in [0, 0.05) is 12.6 Å². The number of epoxide rings is 1. The summed E-state index contributed by atoms with van der Waals surface area (Å²) in [5, 5.41) is 11.8. The van der Waals surface area contributed by atoms with Gasteiger partial charge in [0.2, 0.25) is 5.91 Å². The van der Waals surface area contributed by atoms with Crippen LogP contribution in [0.1, 0.15) is 46.5 Å². The van der Waals surface area contributed by atoms with Gasteiger partial charge in [0.1, 0.15) is 6.10 Å². The van der Waals surface area contributed by atoms with Crippen molar-refractivity contribution in [1.29, 1.82) is 0 Å². The van der Waals surface area contributed by atoms with E-state index < -0.39 is 6.29 Å². The Hall–Kier alpha value is -1.13. The van der Waals surface area contributed by atoms with Gasteiger partial charge in [-0.1, -0.05) is 17.2 Å². The first-order valence-electron chi connectivity index (χ1n) is 6.91. The molecule has 0 bridgehead atoms. The molecule has 0 aliphatic carbocycles. The van der Waals surface area contributed by atoms with Crippen molar-refractivity contribution in [2.75, 3.05) is 6.54 Å². The summed E-state index contributed by atoms with van der Waals surface area (Å²) in [5.74, 6) is -0.0352. The van der Waals surface area contributed by atoms with Crippen LogP contribution in [0, 0.1) is 0 Å². The van der Waals surface area contributed by atoms with Crippen LogP contribution in [0.3, 0.4) is 0 Å². The Bertz CT molecular complexity index is 356. The van der Waals surface area contributed by atoms with Crippen molar-refractivity contribution in [2.24, 2.45) is 0 Å². The summed E-state index contributed by atoms with van der Waals surface area (Å²) in [6.45, 7) is 6.76. The summed E-state index contributed by atoms with van der Waals surface area (Å²) in [6, 6.07) is 0. The first-order chi connectivity index (χ1) is 8.99. The van der Waals surface area contributed by atoms with E-state index in [4.69, 9.17) is 9.84 Å². The van der Waals surface area contributed by atoms with E-state index in [9.17, 15) is 4.79 Å². The standard InChI is InChI=1S/C15H25NO3/c1-11(2)6-4-7-12(3)10-14(17)16-9-5-8-13-15(18)19-13/h6,10,13,15,18H,4-5,7-9H2,1-3H3,(H,16,17). The SMILES string of the molecule is CC(C)=CCCC(C)=CC(=O)NCCCC1OC1O. The Morgan fingerprint density at radius 3 is 2.63 bits per heavy atom. The molecule has 1 aliphatic heterocycles. The third kappa shape index (κ3) is 7.80. The molecule has 2 atom stereocenters. The molecule has 1 heterocycles. The second kappa shape index (κ2) is 8.12. The lowest BCUT2D eigenvalue weighted by Gasteiger charge is -2.02. The lowest BCUT2D eigenvalue weighted by atomic mass is 10.1. The van der Waals surface area contributed by atoms with Crippen LogP contribution in [0.4, 0.5) is 0 Å². The highest BCUT2D eigenvalue weighted by Gasteiger charge is 2.35. The van der Waals surface area contributed by atoms with E-state index in [1.165, 1.54) is 5.57 Å². The molecule has 19 heavy (non-hydrogen) atoms. The fraction of sp³-hybridized carbons (Fsp3) is 0.667. The molecule has 0 spiro atoms. The summed E-state index contributed by atoms with van der Waals surface area (Å²) in [5.41, 5.74) is 2.40. The summed E-state index contributed by atoms with van der Waals surface area (Å²) >= 11 is 0. The number of amides is 1. The Balaban J connectivity index is 2.09. The van der Waals surface area contributed by atoms with E-state index in [0.717, 1.165) is 31.3 Å². The minimum Gasteiger partial charge on any atom is -0.366 e. The second-order valence-corrected chi connectivity index (χ2v) is 5.31. The van der Waals surface area contributed by atoms with E-state index in [1.54, 1.807) is 6.08 Å². The van der Waals surface area contributed by atoms with Crippen LogP contribution in [0.5, 0.6) is 0 Å². The maximum Gasteiger partial charge on any atom is 0.243 e. The predicted octanol–water partition coefficient (Wildman–Crippen LogP) is 2.29. The van der Waals surface area contributed by atoms with E-state index in [0.29, 0.717) is 6.54 Å². The zero-order valence-electron chi connectivity index (χ0n) is 12.1. The largest absolute Gasteiger partial charge is 0.366 e. The molecule has 0 aromatic carbocycles. The molecule has 108 valence electrons. The second-order valence-electron chi connectivity index (χ2n) is 5.31. The van der Waals surface area contributed by atoms with E-state index in [1.807, 2.05) is 6.92 Å². The van der Waals surface area contributed by atoms with Gasteiger partial charge in [0.15, 0.2) is 6.29 Å². The van der Waals surface area contributed by atoms with Crippen molar-refractivity contribution in [1.82, 2.24) is 5.32 Å². The van der Waals surface area contributed by atoms with E-state index >= 15 is 0 Å². The highest BCUT2D eigenvalue weighted by atomic mass is 16.7. The molecule has 2 N–H and O–H groups in total. The minimum absolute atomic E-state index is 0.0155. The molecule has 0 aromatic rings. The number of ether oxygens (including phenoxy) is 1. The maximum atomic E-state index is 11.6. The van der Waals surface area contributed by atoms with Gasteiger partial charge in [0.05, 0.1) is 0 Å². The van der Waals surface area contributed by atoms with Crippen molar-refractivity contribution < 1.29 is 14.6 Å². The average Bonchev–Trinajstić information content (AvgIpc) is 3.00. The van der Waals surface area contributed by atoms with Crippen molar-refractivity contribution >= 4 is 5.91 Å². The lowest BCUT2D eigenvalue weighted by Crippen LogP contribution is -2.22. The van der Waals surface area contributed by atoms with Crippen LogP contribution >= 0.6 is 0 Å². The number of carbonyl (C=O) groups excluding carboxylic acids is 1. The van der Waals surface area contributed by atoms with Crippen molar-refractivity contribution in [3.05, 3.63) is 23.3 Å². The molecule has 1 fully saturated rings. The van der Waals surface area contributed by atoms with Gasteiger partial charge in [-0.15, -0.1) is 0 Å². The summed E-state index contributed by atoms with van der Waals surface area (Å²) < 4.78 is 4.88. The van der Waals surface area contributed by atoms with Crippen LogP contribution in [-0.2, 0) is 9.53 Å². The van der Waals surface area contributed by atoms with Gasteiger partial charge in [-0.25, -0.2) is 0 Å². The Morgan fingerprint density at radius 1 is 1.37 bits per heavy atom. The normalized spacial score (nSPS) is 22.0. The van der Waals surface area contributed by atoms with E-state index in [2.05, 4.69) is 25.2 Å². The molecule has 1 aliphatic rings. The third-order valence-corrected chi connectivity index (χ3v) is 2.99. The predicted molar refractivity (Wildman–Crippen MR) is 75.5 cm³/mol. The van der Waals surface area contributed by atoms with E-state index in [-0.39, 0.29) is 12.0 Å². The zero-order chi connectivity index (χ0) is 14.3. The number of hydrogen-bond donors (Lipinski definition) is 2. The zero-order valence-corrected chi connectivity index (χ0v) is 12.1. The topological polar surface area (TPSA) is 61.9 Å². The molecule has 0 radical (unpaired) electrons. The van der Waals surface area contributed by atoms with Crippen molar-refractivity contribution in [2.45, 2.75) is 58.8 Å². The van der Waals surface area contributed by atoms with Gasteiger partial charge >= 0.3 is 0 Å². The van der Waals surface area contributed by atoms with Gasteiger partial charge in [0.25, 0.3) is 0 Å². The van der Waals surface area contributed by atoms with Crippen LogP contribution in [-0.4, -0.2) is 30.0 Å². The van der Waals surface area contributed by atoms with Gasteiger partial charge in [-0.3, -0.25) is 4.79 Å². The lowest BCUT2D eigenvalue weighted by molar-refractivity contribution is -0.116. The maximum absolute atomic E-state index is 11.6. The number of nitrogens with one attached hydrogen (secondary N) is 1. The van der Waals surface area contributed by atoms with Crippen LogP contribution < -0.4 is 5.32 Å². The number of aliphatic hydroxyl groups excluding tert-OH is 1. The number of rotatable bonds is 8. The van der Waals surface area contributed by atoms with Gasteiger partial charge in [-0.05, 0) is 46.5 Å². The molecule has 1 saturated heterocycles. The summed E-state index contributed by atoms with van der Waals surface area (Å²) in [7, 11) is 0. The number of carbonyl (C=O) groups is 1. The summed E-state index contributed by atoms with van der Waals surface area (Å²) in [4.78, 5) is 11.6. The molecule has 2 unspecified atom stereocenters. The molecule has 1 amide bonds. The van der Waals surface area contributed by atoms with Gasteiger partial charge in [-0.2, -0.15) is 0 Å². The van der Waals surface area contributed by atoms with Crippen molar-refractivity contribution in [3.63, 3.8) is 0 Å². The van der Waals surface area contributed by atoms with Crippen LogP contribution in [0.15, 0.2) is 23.3 Å². The highest BCUT2D eigenvalue weighted by molar-refractivity contribution is 5.88. The first-order valence-corrected chi connectivity index (χ1v) is 6.91. The number of hydrogen-bond acceptors (Lipinski definition) is 3. The molecule has 0 saturated carbocycles. The Labute approximate surface area is 115 Å². The molecular formula is C15H25NO3. The highest BCUT2D eigenvalue weighted by Crippen LogP contribution is 2.23. The van der Waals surface area contributed by atoms with Crippen LogP contribution in [0.2, 0.25) is 0 Å².